The molecule has 6 heteroatoms. The predicted molar refractivity (Wildman–Crippen MR) is 76.5 cm³/mol. The van der Waals surface area contributed by atoms with E-state index in [0.717, 1.165) is 35.1 Å². The third-order valence-electron chi connectivity index (χ3n) is 2.63. The van der Waals surface area contributed by atoms with Gasteiger partial charge < -0.3 is 4.98 Å². The van der Waals surface area contributed by atoms with E-state index in [1.807, 2.05) is 6.92 Å². The molecule has 2 nitrogen and oxygen atoms in total. The number of hydrogen-bond donors (Lipinski definition) is 1. The summed E-state index contributed by atoms with van der Waals surface area (Å²) in [7, 11) is 0. The Hall–Kier alpha value is -1.14. The van der Waals surface area contributed by atoms with Crippen molar-refractivity contribution >= 4 is 28.1 Å². The van der Waals surface area contributed by atoms with Crippen molar-refractivity contribution in [3.05, 3.63) is 44.6 Å². The minimum Gasteiger partial charge on any atom is -0.342 e. The number of nitrogens with one attached hydrogen (secondary N) is 1. The number of hydrogen-bond acceptors (Lipinski definition) is 2. The summed E-state index contributed by atoms with van der Waals surface area (Å²) in [6.45, 7) is 2.04. The van der Waals surface area contributed by atoms with Gasteiger partial charge in [-0.15, -0.1) is 0 Å². The lowest BCUT2D eigenvalue weighted by atomic mass is 10.2. The molecule has 0 radical (unpaired) electrons. The molecule has 0 unspecified atom stereocenters. The summed E-state index contributed by atoms with van der Waals surface area (Å²) < 4.78 is 27.3. The number of H-pyrrole nitrogens is 1. The summed E-state index contributed by atoms with van der Waals surface area (Å²) in [6.07, 6.45) is 1.73. The van der Waals surface area contributed by atoms with E-state index < -0.39 is 11.6 Å². The van der Waals surface area contributed by atoms with Gasteiger partial charge in [0.15, 0.2) is 11.6 Å². The average molecular weight is 345 g/mol. The van der Waals surface area contributed by atoms with Crippen LogP contribution in [0.15, 0.2) is 22.7 Å². The molecule has 0 spiro atoms. The van der Waals surface area contributed by atoms with Gasteiger partial charge in [-0.05, 0) is 40.5 Å². The number of halogens is 3. The fraction of sp³-hybridized carbons (Fsp3) is 0.231. The van der Waals surface area contributed by atoms with Crippen LogP contribution in [-0.4, -0.2) is 9.97 Å². The first-order valence-corrected chi connectivity index (χ1v) is 6.97. The summed E-state index contributed by atoms with van der Waals surface area (Å²) in [5.74, 6) is -1.35. The second-order valence-electron chi connectivity index (χ2n) is 4.06. The maximum atomic E-state index is 13.2. The number of aromatic amines is 1. The van der Waals surface area contributed by atoms with E-state index in [1.165, 1.54) is 6.07 Å². The molecule has 100 valence electrons. The van der Waals surface area contributed by atoms with Crippen molar-refractivity contribution in [1.29, 1.82) is 0 Å². The van der Waals surface area contributed by atoms with Gasteiger partial charge in [0.05, 0.1) is 4.47 Å². The van der Waals surface area contributed by atoms with E-state index in [1.54, 1.807) is 0 Å². The van der Waals surface area contributed by atoms with Crippen molar-refractivity contribution in [2.45, 2.75) is 19.8 Å². The lowest BCUT2D eigenvalue weighted by Crippen LogP contribution is -1.99. The standard InChI is InChI=1S/C13H11BrF2N2S/c1-2-3-10-11(14)13(19)18-12(17-10)7-4-5-8(15)9(16)6-7/h4-6H,2-3H2,1H3,(H,17,18,19). The van der Waals surface area contributed by atoms with Gasteiger partial charge in [-0.1, -0.05) is 25.6 Å². The molecule has 0 saturated carbocycles. The second kappa shape index (κ2) is 5.88. The van der Waals surface area contributed by atoms with Crippen molar-refractivity contribution < 1.29 is 8.78 Å². The quantitative estimate of drug-likeness (QED) is 0.810. The highest BCUT2D eigenvalue weighted by atomic mass is 79.9. The Morgan fingerprint density at radius 3 is 2.68 bits per heavy atom. The van der Waals surface area contributed by atoms with Crippen LogP contribution in [0, 0.1) is 16.3 Å². The van der Waals surface area contributed by atoms with Crippen LogP contribution in [0.1, 0.15) is 19.0 Å². The van der Waals surface area contributed by atoms with E-state index in [2.05, 4.69) is 25.9 Å². The number of rotatable bonds is 3. The summed E-state index contributed by atoms with van der Waals surface area (Å²) in [5.41, 5.74) is 1.37. The number of nitrogens with zero attached hydrogens (tertiary/aromatic N) is 1. The molecule has 2 aromatic rings. The van der Waals surface area contributed by atoms with Crippen molar-refractivity contribution in [3.63, 3.8) is 0 Å². The molecule has 1 aromatic heterocycles. The molecule has 19 heavy (non-hydrogen) atoms. The SMILES string of the molecule is CCCc1[nH]c(-c2ccc(F)c(F)c2)nc(=S)c1Br. The normalized spacial score (nSPS) is 10.7. The van der Waals surface area contributed by atoms with Gasteiger partial charge >= 0.3 is 0 Å². The average Bonchev–Trinajstić information content (AvgIpc) is 2.38. The Labute approximate surface area is 123 Å². The zero-order valence-electron chi connectivity index (χ0n) is 10.1. The molecule has 1 heterocycles. The fourth-order valence-corrected chi connectivity index (χ4v) is 2.31. The Morgan fingerprint density at radius 2 is 2.05 bits per heavy atom. The molecule has 0 fully saturated rings. The van der Waals surface area contributed by atoms with Gasteiger partial charge in [0.1, 0.15) is 10.5 Å². The molecule has 0 saturated heterocycles. The third-order valence-corrected chi connectivity index (χ3v) is 4.04. The van der Waals surface area contributed by atoms with Crippen LogP contribution in [0.3, 0.4) is 0 Å². The first kappa shape index (κ1) is 14.3. The molecule has 1 N–H and O–H groups in total. The Bertz CT molecular complexity index is 670. The topological polar surface area (TPSA) is 28.7 Å². The summed E-state index contributed by atoms with van der Waals surface area (Å²) >= 11 is 8.54. The highest BCUT2D eigenvalue weighted by molar-refractivity contribution is 9.10. The first-order chi connectivity index (χ1) is 9.02. The molecule has 0 aliphatic rings. The van der Waals surface area contributed by atoms with Gasteiger partial charge in [-0.25, -0.2) is 13.8 Å². The molecule has 2 rings (SSSR count). The predicted octanol–water partition coefficient (Wildman–Crippen LogP) is 4.80. The van der Waals surface area contributed by atoms with Crippen molar-refractivity contribution in [3.8, 4) is 11.4 Å². The summed E-state index contributed by atoms with van der Waals surface area (Å²) in [6, 6.07) is 3.65. The Kier molecular flexibility index (Phi) is 4.42. The lowest BCUT2D eigenvalue weighted by Gasteiger charge is -2.08. The number of aromatic nitrogens is 2. The zero-order chi connectivity index (χ0) is 14.0. The van der Waals surface area contributed by atoms with E-state index in [-0.39, 0.29) is 0 Å². The highest BCUT2D eigenvalue weighted by Gasteiger charge is 2.10. The van der Waals surface area contributed by atoms with Gasteiger partial charge in [-0.2, -0.15) is 0 Å². The van der Waals surface area contributed by atoms with Crippen molar-refractivity contribution in [2.24, 2.45) is 0 Å². The van der Waals surface area contributed by atoms with Crippen molar-refractivity contribution in [1.82, 2.24) is 9.97 Å². The highest BCUT2D eigenvalue weighted by Crippen LogP contribution is 2.23. The zero-order valence-corrected chi connectivity index (χ0v) is 12.5. The van der Waals surface area contributed by atoms with Crippen molar-refractivity contribution in [2.75, 3.05) is 0 Å². The summed E-state index contributed by atoms with van der Waals surface area (Å²) in [4.78, 5) is 7.28. The maximum absolute atomic E-state index is 13.2. The second-order valence-corrected chi connectivity index (χ2v) is 5.24. The molecular weight excluding hydrogens is 334 g/mol. The Balaban J connectivity index is 2.56. The molecule has 1 aromatic carbocycles. The van der Waals surface area contributed by atoms with E-state index in [9.17, 15) is 8.78 Å². The molecule has 0 amide bonds. The van der Waals surface area contributed by atoms with Crippen LogP contribution in [0.2, 0.25) is 0 Å². The van der Waals surface area contributed by atoms with Gasteiger partial charge in [0.2, 0.25) is 0 Å². The monoisotopic (exact) mass is 344 g/mol. The van der Waals surface area contributed by atoms with Crippen LogP contribution >= 0.6 is 28.1 Å². The van der Waals surface area contributed by atoms with E-state index >= 15 is 0 Å². The maximum Gasteiger partial charge on any atom is 0.159 e. The smallest absolute Gasteiger partial charge is 0.159 e. The van der Waals surface area contributed by atoms with E-state index in [0.29, 0.717) is 16.0 Å². The van der Waals surface area contributed by atoms with Crippen LogP contribution in [0.4, 0.5) is 8.78 Å². The molecule has 0 atom stereocenters. The van der Waals surface area contributed by atoms with Gasteiger partial charge in [0.25, 0.3) is 0 Å². The molecule has 0 bridgehead atoms. The summed E-state index contributed by atoms with van der Waals surface area (Å²) in [5, 5.41) is 0. The van der Waals surface area contributed by atoms with Gasteiger partial charge in [-0.3, -0.25) is 0 Å². The van der Waals surface area contributed by atoms with Crippen LogP contribution in [-0.2, 0) is 6.42 Å². The van der Waals surface area contributed by atoms with Gasteiger partial charge in [0, 0.05) is 11.3 Å². The lowest BCUT2D eigenvalue weighted by molar-refractivity contribution is 0.509. The van der Waals surface area contributed by atoms with Crippen LogP contribution < -0.4 is 0 Å². The molecule has 0 aliphatic carbocycles. The molecule has 0 aliphatic heterocycles. The number of benzene rings is 1. The minimum atomic E-state index is -0.904. The third kappa shape index (κ3) is 3.06. The fourth-order valence-electron chi connectivity index (χ4n) is 1.71. The first-order valence-electron chi connectivity index (χ1n) is 5.77. The minimum absolute atomic E-state index is 0.405. The van der Waals surface area contributed by atoms with Crippen LogP contribution in [0.25, 0.3) is 11.4 Å². The van der Waals surface area contributed by atoms with Crippen LogP contribution in [0.5, 0.6) is 0 Å². The Morgan fingerprint density at radius 1 is 1.32 bits per heavy atom. The van der Waals surface area contributed by atoms with E-state index in [4.69, 9.17) is 12.2 Å². The number of aryl methyl sites for hydroxylation is 1. The molecular formula is C13H11BrF2N2S. The largest absolute Gasteiger partial charge is 0.342 e.